The average molecular weight is 147 g/mol. The molecular formula is C9H9NO. The normalized spacial score (nSPS) is 16.5. The molecule has 1 heterocycles. The molecular weight excluding hydrogens is 138 g/mol. The summed E-state index contributed by atoms with van der Waals surface area (Å²) in [7, 11) is 0. The van der Waals surface area contributed by atoms with Crippen LogP contribution in [0.5, 0.6) is 0 Å². The van der Waals surface area contributed by atoms with Crippen LogP contribution in [0.1, 0.15) is 18.5 Å². The Morgan fingerprint density at radius 3 is 3.00 bits per heavy atom. The molecule has 0 fully saturated rings. The summed E-state index contributed by atoms with van der Waals surface area (Å²) in [5, 5.41) is 3.85. The fourth-order valence-corrected chi connectivity index (χ4v) is 1.16. The molecule has 1 aliphatic rings. The van der Waals surface area contributed by atoms with Crippen molar-refractivity contribution >= 4 is 5.57 Å². The van der Waals surface area contributed by atoms with Crippen molar-refractivity contribution in [1.29, 1.82) is 0 Å². The van der Waals surface area contributed by atoms with Crippen LogP contribution >= 0.6 is 0 Å². The van der Waals surface area contributed by atoms with Gasteiger partial charge in [-0.1, -0.05) is 23.4 Å². The van der Waals surface area contributed by atoms with E-state index >= 15 is 0 Å². The standard InChI is InChI=1S/C9H9NO/c1-2-4-8(5-3-1)9-6-7-11-10-9/h2,4-7H,1,3H2. The van der Waals surface area contributed by atoms with E-state index in [1.54, 1.807) is 6.26 Å². The third-order valence-electron chi connectivity index (χ3n) is 1.73. The highest BCUT2D eigenvalue weighted by atomic mass is 16.5. The second-order valence-corrected chi connectivity index (χ2v) is 2.52. The Kier molecular flexibility index (Phi) is 1.60. The van der Waals surface area contributed by atoms with Crippen molar-refractivity contribution in [3.05, 3.63) is 36.3 Å². The van der Waals surface area contributed by atoms with E-state index in [0.29, 0.717) is 0 Å². The lowest BCUT2D eigenvalue weighted by Crippen LogP contribution is -1.84. The lowest BCUT2D eigenvalue weighted by molar-refractivity contribution is 0.418. The van der Waals surface area contributed by atoms with E-state index in [9.17, 15) is 0 Å². The van der Waals surface area contributed by atoms with Crippen molar-refractivity contribution in [2.45, 2.75) is 12.8 Å². The van der Waals surface area contributed by atoms with Gasteiger partial charge in [0.15, 0.2) is 0 Å². The van der Waals surface area contributed by atoms with Gasteiger partial charge in [-0.05, 0) is 18.4 Å². The van der Waals surface area contributed by atoms with Crippen LogP contribution in [0.2, 0.25) is 0 Å². The highest BCUT2D eigenvalue weighted by molar-refractivity contribution is 5.71. The van der Waals surface area contributed by atoms with Crippen molar-refractivity contribution in [3.8, 4) is 0 Å². The van der Waals surface area contributed by atoms with E-state index in [1.165, 1.54) is 5.57 Å². The zero-order valence-electron chi connectivity index (χ0n) is 6.16. The number of nitrogens with zero attached hydrogens (tertiary/aromatic N) is 1. The Labute approximate surface area is 65.2 Å². The molecule has 0 amide bonds. The van der Waals surface area contributed by atoms with Gasteiger partial charge in [0.2, 0.25) is 0 Å². The van der Waals surface area contributed by atoms with E-state index in [1.807, 2.05) is 6.07 Å². The van der Waals surface area contributed by atoms with Crippen LogP contribution in [0.15, 0.2) is 35.1 Å². The first kappa shape index (κ1) is 6.40. The van der Waals surface area contributed by atoms with Crippen molar-refractivity contribution in [1.82, 2.24) is 5.16 Å². The number of allylic oxidation sites excluding steroid dienone is 4. The Balaban J connectivity index is 2.29. The number of hydrogen-bond acceptors (Lipinski definition) is 2. The summed E-state index contributed by atoms with van der Waals surface area (Å²) in [4.78, 5) is 0. The Morgan fingerprint density at radius 2 is 2.36 bits per heavy atom. The van der Waals surface area contributed by atoms with Crippen LogP contribution in [0, 0.1) is 0 Å². The summed E-state index contributed by atoms with van der Waals surface area (Å²) >= 11 is 0. The van der Waals surface area contributed by atoms with Gasteiger partial charge in [0.05, 0.1) is 0 Å². The monoisotopic (exact) mass is 147 g/mol. The maximum Gasteiger partial charge on any atom is 0.124 e. The molecule has 0 saturated heterocycles. The molecule has 0 unspecified atom stereocenters. The van der Waals surface area contributed by atoms with Gasteiger partial charge in [0, 0.05) is 6.07 Å². The maximum atomic E-state index is 4.74. The quantitative estimate of drug-likeness (QED) is 0.609. The molecule has 56 valence electrons. The predicted octanol–water partition coefficient (Wildman–Crippen LogP) is 2.41. The summed E-state index contributed by atoms with van der Waals surface area (Å²) in [6, 6.07) is 1.88. The molecule has 2 rings (SSSR count). The molecule has 0 aromatic carbocycles. The minimum Gasteiger partial charge on any atom is -0.364 e. The van der Waals surface area contributed by atoms with Crippen molar-refractivity contribution in [3.63, 3.8) is 0 Å². The maximum absolute atomic E-state index is 4.74. The van der Waals surface area contributed by atoms with Gasteiger partial charge in [-0.15, -0.1) is 0 Å². The summed E-state index contributed by atoms with van der Waals surface area (Å²) in [5.74, 6) is 0. The predicted molar refractivity (Wildman–Crippen MR) is 42.9 cm³/mol. The first-order valence-corrected chi connectivity index (χ1v) is 3.74. The SMILES string of the molecule is C1=CC(c2ccon2)=CCC1. The van der Waals surface area contributed by atoms with Crippen LogP contribution in [-0.2, 0) is 0 Å². The molecule has 0 radical (unpaired) electrons. The molecule has 0 N–H and O–H groups in total. The second kappa shape index (κ2) is 2.74. The van der Waals surface area contributed by atoms with Crippen LogP contribution in [0.25, 0.3) is 5.57 Å². The number of hydrogen-bond donors (Lipinski definition) is 0. The van der Waals surface area contributed by atoms with Crippen LogP contribution < -0.4 is 0 Å². The van der Waals surface area contributed by atoms with Gasteiger partial charge in [0.1, 0.15) is 12.0 Å². The summed E-state index contributed by atoms with van der Waals surface area (Å²) in [6.45, 7) is 0. The zero-order chi connectivity index (χ0) is 7.52. The topological polar surface area (TPSA) is 26.0 Å². The molecule has 0 bridgehead atoms. The van der Waals surface area contributed by atoms with Crippen LogP contribution in [0.4, 0.5) is 0 Å². The van der Waals surface area contributed by atoms with Gasteiger partial charge in [0.25, 0.3) is 0 Å². The molecule has 0 aliphatic heterocycles. The van der Waals surface area contributed by atoms with E-state index in [-0.39, 0.29) is 0 Å². The Morgan fingerprint density at radius 1 is 1.36 bits per heavy atom. The van der Waals surface area contributed by atoms with Gasteiger partial charge >= 0.3 is 0 Å². The fraction of sp³-hybridized carbons (Fsp3) is 0.222. The molecule has 0 saturated carbocycles. The van der Waals surface area contributed by atoms with Gasteiger partial charge in [-0.2, -0.15) is 0 Å². The highest BCUT2D eigenvalue weighted by Gasteiger charge is 2.02. The van der Waals surface area contributed by atoms with E-state index in [4.69, 9.17) is 4.52 Å². The Bertz CT molecular complexity index is 283. The Hall–Kier alpha value is -1.31. The second-order valence-electron chi connectivity index (χ2n) is 2.52. The largest absolute Gasteiger partial charge is 0.364 e. The molecule has 0 atom stereocenters. The first-order chi connectivity index (χ1) is 5.47. The third-order valence-corrected chi connectivity index (χ3v) is 1.73. The zero-order valence-corrected chi connectivity index (χ0v) is 6.16. The molecule has 0 spiro atoms. The van der Waals surface area contributed by atoms with Gasteiger partial charge in [-0.25, -0.2) is 0 Å². The summed E-state index contributed by atoms with van der Waals surface area (Å²) in [5.41, 5.74) is 2.10. The molecule has 1 aliphatic carbocycles. The number of rotatable bonds is 1. The van der Waals surface area contributed by atoms with Crippen LogP contribution in [0.3, 0.4) is 0 Å². The van der Waals surface area contributed by atoms with Gasteiger partial charge in [-0.3, -0.25) is 0 Å². The first-order valence-electron chi connectivity index (χ1n) is 3.74. The lowest BCUT2D eigenvalue weighted by Gasteiger charge is -2.01. The van der Waals surface area contributed by atoms with Crippen molar-refractivity contribution < 1.29 is 4.52 Å². The highest BCUT2D eigenvalue weighted by Crippen LogP contribution is 2.18. The lowest BCUT2D eigenvalue weighted by atomic mass is 10.1. The van der Waals surface area contributed by atoms with Crippen molar-refractivity contribution in [2.75, 3.05) is 0 Å². The fourth-order valence-electron chi connectivity index (χ4n) is 1.16. The van der Waals surface area contributed by atoms with E-state index < -0.39 is 0 Å². The molecule has 11 heavy (non-hydrogen) atoms. The van der Waals surface area contributed by atoms with Crippen molar-refractivity contribution in [2.24, 2.45) is 0 Å². The van der Waals surface area contributed by atoms with E-state index in [2.05, 4.69) is 23.4 Å². The van der Waals surface area contributed by atoms with E-state index in [0.717, 1.165) is 18.5 Å². The summed E-state index contributed by atoms with van der Waals surface area (Å²) < 4.78 is 4.74. The molecule has 1 aromatic heterocycles. The average Bonchev–Trinajstić information content (AvgIpc) is 2.58. The number of aromatic nitrogens is 1. The van der Waals surface area contributed by atoms with Crippen LogP contribution in [-0.4, -0.2) is 5.16 Å². The smallest absolute Gasteiger partial charge is 0.124 e. The molecule has 2 nitrogen and oxygen atoms in total. The minimum atomic E-state index is 0.931. The third kappa shape index (κ3) is 1.24. The van der Waals surface area contributed by atoms with Gasteiger partial charge < -0.3 is 4.52 Å². The minimum absolute atomic E-state index is 0.931. The molecule has 2 heteroatoms. The summed E-state index contributed by atoms with van der Waals surface area (Å²) in [6.07, 6.45) is 10.3. The molecule has 1 aromatic rings.